The van der Waals surface area contributed by atoms with E-state index in [0.29, 0.717) is 5.56 Å². The molecule has 0 aliphatic carbocycles. The number of nitrogens with one attached hydrogen (secondary N) is 3. The lowest BCUT2D eigenvalue weighted by Crippen LogP contribution is -2.48. The molecule has 0 saturated heterocycles. The average molecular weight is 557 g/mol. The second-order valence-corrected chi connectivity index (χ2v) is 8.44. The predicted molar refractivity (Wildman–Crippen MR) is 139 cm³/mol. The Morgan fingerprint density at radius 1 is 0.923 bits per heavy atom. The molecule has 1 aromatic heterocycles. The molecule has 3 amide bonds. The highest BCUT2D eigenvalue weighted by Crippen LogP contribution is 2.20. The number of aromatic hydroxyl groups is 1. The Bertz CT molecular complexity index is 1400. The smallest absolute Gasteiger partial charge is 0.328 e. The molecule has 0 saturated carbocycles. The van der Waals surface area contributed by atoms with Gasteiger partial charge in [0.2, 0.25) is 11.8 Å². The molecule has 3 aromatic rings. The zero-order valence-electron chi connectivity index (χ0n) is 20.9. The largest absolute Gasteiger partial charge is 0.508 e. The number of carboxylic acids is 1. The fourth-order valence-electron chi connectivity index (χ4n) is 3.38. The first-order valence-electron chi connectivity index (χ1n) is 11.4. The highest BCUT2D eigenvalue weighted by molar-refractivity contribution is 6.34. The number of methoxy groups -OCH3 is 2. The van der Waals surface area contributed by atoms with Gasteiger partial charge >= 0.3 is 5.97 Å². The van der Waals surface area contributed by atoms with E-state index >= 15 is 0 Å². The predicted octanol–water partition coefficient (Wildman–Crippen LogP) is 2.00. The number of amides is 3. The van der Waals surface area contributed by atoms with E-state index in [4.69, 9.17) is 21.1 Å². The fraction of sp³-hybridized carbons (Fsp3) is 0.192. The summed E-state index contributed by atoms with van der Waals surface area (Å²) >= 11 is 6.21. The first-order valence-corrected chi connectivity index (χ1v) is 11.8. The quantitative estimate of drug-likeness (QED) is 0.236. The monoisotopic (exact) mass is 556 g/mol. The number of pyridine rings is 1. The van der Waals surface area contributed by atoms with E-state index in [1.165, 1.54) is 56.7 Å². The van der Waals surface area contributed by atoms with Crippen LogP contribution in [0.25, 0.3) is 0 Å². The van der Waals surface area contributed by atoms with Gasteiger partial charge in [0.05, 0.1) is 24.8 Å². The van der Waals surface area contributed by atoms with Gasteiger partial charge in [0, 0.05) is 24.7 Å². The van der Waals surface area contributed by atoms with Crippen LogP contribution < -0.4 is 25.4 Å². The SMILES string of the molecule is COc1ccc(C(=O)NC[C@H](NC(=O)c2ccc(C(=O)NCc3cccc(O)c3)cc2Cl)C(=O)O)c(OC)n1. The maximum absolute atomic E-state index is 12.8. The molecule has 1 atom stereocenters. The Hall–Kier alpha value is -4.84. The molecule has 3 rings (SSSR count). The third kappa shape index (κ3) is 7.58. The number of carbonyl (C=O) groups excluding carboxylic acids is 3. The lowest BCUT2D eigenvalue weighted by molar-refractivity contribution is -0.139. The number of carboxylic acid groups (broad SMARTS) is 1. The number of hydrogen-bond acceptors (Lipinski definition) is 8. The van der Waals surface area contributed by atoms with Gasteiger partial charge in [-0.1, -0.05) is 23.7 Å². The summed E-state index contributed by atoms with van der Waals surface area (Å²) in [6.45, 7) is -0.306. The van der Waals surface area contributed by atoms with Gasteiger partial charge < -0.3 is 35.6 Å². The summed E-state index contributed by atoms with van der Waals surface area (Å²) in [5.74, 6) is -3.11. The zero-order valence-corrected chi connectivity index (χ0v) is 21.6. The molecule has 0 aliphatic rings. The van der Waals surface area contributed by atoms with Crippen molar-refractivity contribution in [1.82, 2.24) is 20.9 Å². The van der Waals surface area contributed by atoms with E-state index in [1.54, 1.807) is 12.1 Å². The highest BCUT2D eigenvalue weighted by atomic mass is 35.5. The number of nitrogens with zero attached hydrogens (tertiary/aromatic N) is 1. The topological polar surface area (TPSA) is 176 Å². The molecule has 12 nitrogen and oxygen atoms in total. The maximum Gasteiger partial charge on any atom is 0.328 e. The molecule has 13 heteroatoms. The Labute approximate surface area is 227 Å². The molecule has 0 aliphatic heterocycles. The van der Waals surface area contributed by atoms with Gasteiger partial charge in [0.15, 0.2) is 0 Å². The second kappa shape index (κ2) is 13.1. The van der Waals surface area contributed by atoms with E-state index in [1.807, 2.05) is 0 Å². The van der Waals surface area contributed by atoms with Gasteiger partial charge in [-0.2, -0.15) is 4.98 Å². The fourth-order valence-corrected chi connectivity index (χ4v) is 3.65. The number of benzene rings is 2. The van der Waals surface area contributed by atoms with Gasteiger partial charge in [0.1, 0.15) is 17.4 Å². The van der Waals surface area contributed by atoms with Crippen LogP contribution in [0.1, 0.15) is 36.6 Å². The molecule has 2 aromatic carbocycles. The van der Waals surface area contributed by atoms with Crippen LogP contribution in [0.5, 0.6) is 17.5 Å². The summed E-state index contributed by atoms with van der Waals surface area (Å²) in [6, 6.07) is 11.6. The number of phenols is 1. The first-order chi connectivity index (χ1) is 18.6. The molecule has 5 N–H and O–H groups in total. The number of halogens is 1. The minimum Gasteiger partial charge on any atom is -0.508 e. The Morgan fingerprint density at radius 2 is 1.67 bits per heavy atom. The van der Waals surface area contributed by atoms with Crippen LogP contribution in [-0.2, 0) is 11.3 Å². The molecule has 0 fully saturated rings. The molecule has 0 radical (unpaired) electrons. The van der Waals surface area contributed by atoms with Crippen LogP contribution in [0.3, 0.4) is 0 Å². The number of aliphatic carboxylic acids is 1. The van der Waals surface area contributed by atoms with Gasteiger partial charge in [-0.05, 0) is 42.0 Å². The van der Waals surface area contributed by atoms with E-state index in [9.17, 15) is 29.4 Å². The van der Waals surface area contributed by atoms with Crippen LogP contribution in [0.15, 0.2) is 54.6 Å². The molecule has 204 valence electrons. The number of ether oxygens (including phenoxy) is 2. The highest BCUT2D eigenvalue weighted by Gasteiger charge is 2.24. The summed E-state index contributed by atoms with van der Waals surface area (Å²) in [7, 11) is 2.71. The number of phenolic OH excluding ortho intramolecular Hbond substituents is 1. The summed E-state index contributed by atoms with van der Waals surface area (Å²) in [6.07, 6.45) is 0. The standard InChI is InChI=1S/C26H25ClN4O8/c1-38-21-9-8-18(25(31-21)39-2)23(34)29-13-20(26(36)37)30-24(35)17-7-6-15(11-19(17)27)22(33)28-12-14-4-3-5-16(32)10-14/h3-11,20,32H,12-13H2,1-2H3,(H,28,33)(H,29,34)(H,30,35)(H,36,37)/t20-/m0/s1. The van der Waals surface area contributed by atoms with E-state index < -0.39 is 36.3 Å². The molecule has 0 spiro atoms. The van der Waals surface area contributed by atoms with Gasteiger partial charge in [-0.15, -0.1) is 0 Å². The van der Waals surface area contributed by atoms with Crippen molar-refractivity contribution >= 4 is 35.3 Å². The molecular formula is C26H25ClN4O8. The van der Waals surface area contributed by atoms with E-state index in [2.05, 4.69) is 20.9 Å². The summed E-state index contributed by atoms with van der Waals surface area (Å²) in [5, 5.41) is 26.4. The van der Waals surface area contributed by atoms with Crippen molar-refractivity contribution in [2.75, 3.05) is 20.8 Å². The van der Waals surface area contributed by atoms with Crippen LogP contribution in [0, 0.1) is 0 Å². The van der Waals surface area contributed by atoms with Crippen molar-refractivity contribution in [2.24, 2.45) is 0 Å². The molecular weight excluding hydrogens is 532 g/mol. The molecule has 0 unspecified atom stereocenters. The summed E-state index contributed by atoms with van der Waals surface area (Å²) in [5.41, 5.74) is 0.814. The first kappa shape index (κ1) is 28.7. The molecule has 0 bridgehead atoms. The Kier molecular flexibility index (Phi) is 9.65. The normalized spacial score (nSPS) is 11.2. The second-order valence-electron chi connectivity index (χ2n) is 8.03. The number of hydrogen-bond donors (Lipinski definition) is 5. The number of rotatable bonds is 11. The van der Waals surface area contributed by atoms with Crippen molar-refractivity contribution in [3.8, 4) is 17.5 Å². The van der Waals surface area contributed by atoms with E-state index in [-0.39, 0.29) is 45.8 Å². The van der Waals surface area contributed by atoms with Crippen molar-refractivity contribution in [2.45, 2.75) is 12.6 Å². The van der Waals surface area contributed by atoms with Crippen molar-refractivity contribution < 1.29 is 38.9 Å². The van der Waals surface area contributed by atoms with Gasteiger partial charge in [-0.3, -0.25) is 14.4 Å². The number of carbonyl (C=O) groups is 4. The van der Waals surface area contributed by atoms with Crippen molar-refractivity contribution in [3.63, 3.8) is 0 Å². The minimum atomic E-state index is -1.50. The lowest BCUT2D eigenvalue weighted by atomic mass is 10.1. The third-order valence-corrected chi connectivity index (χ3v) is 5.70. The number of aromatic nitrogens is 1. The summed E-state index contributed by atoms with van der Waals surface area (Å²) in [4.78, 5) is 53.5. The van der Waals surface area contributed by atoms with Crippen LogP contribution >= 0.6 is 11.6 Å². The third-order valence-electron chi connectivity index (χ3n) is 5.39. The van der Waals surface area contributed by atoms with Crippen LogP contribution in [-0.4, -0.2) is 65.7 Å². The van der Waals surface area contributed by atoms with Crippen LogP contribution in [0.4, 0.5) is 0 Å². The van der Waals surface area contributed by atoms with E-state index in [0.717, 1.165) is 0 Å². The van der Waals surface area contributed by atoms with Crippen molar-refractivity contribution in [3.05, 3.63) is 81.9 Å². The molecule has 39 heavy (non-hydrogen) atoms. The van der Waals surface area contributed by atoms with Crippen LogP contribution in [0.2, 0.25) is 5.02 Å². The molecule has 1 heterocycles. The zero-order chi connectivity index (χ0) is 28.5. The van der Waals surface area contributed by atoms with Gasteiger partial charge in [-0.25, -0.2) is 4.79 Å². The maximum atomic E-state index is 12.8. The van der Waals surface area contributed by atoms with Gasteiger partial charge in [0.25, 0.3) is 17.7 Å². The minimum absolute atomic E-state index is 0.0272. The Morgan fingerprint density at radius 3 is 2.31 bits per heavy atom. The van der Waals surface area contributed by atoms with Crippen molar-refractivity contribution in [1.29, 1.82) is 0 Å². The Balaban J connectivity index is 1.63. The average Bonchev–Trinajstić information content (AvgIpc) is 2.92. The summed E-state index contributed by atoms with van der Waals surface area (Å²) < 4.78 is 10.1. The lowest BCUT2D eigenvalue weighted by Gasteiger charge is -2.17.